The van der Waals surface area contributed by atoms with E-state index in [2.05, 4.69) is 20.5 Å². The lowest BCUT2D eigenvalue weighted by Crippen LogP contribution is -1.99. The summed E-state index contributed by atoms with van der Waals surface area (Å²) in [5, 5.41) is 27.2. The summed E-state index contributed by atoms with van der Waals surface area (Å²) in [6, 6.07) is 11.2. The number of benzene rings is 2. The molecule has 0 saturated carbocycles. The monoisotopic (exact) mass is 408 g/mol. The second-order valence-electron chi connectivity index (χ2n) is 6.19. The molecule has 0 aliphatic carbocycles. The highest BCUT2D eigenvalue weighted by molar-refractivity contribution is 5.61. The minimum Gasteiger partial charge on any atom is -0.493 e. The van der Waals surface area contributed by atoms with Crippen LogP contribution in [0, 0.1) is 17.0 Å². The molecule has 4 rings (SSSR count). The van der Waals surface area contributed by atoms with E-state index in [0.717, 1.165) is 0 Å². The van der Waals surface area contributed by atoms with Gasteiger partial charge in [0.1, 0.15) is 0 Å². The zero-order valence-electron chi connectivity index (χ0n) is 16.3. The van der Waals surface area contributed by atoms with Crippen LogP contribution in [0.5, 0.6) is 11.5 Å². The van der Waals surface area contributed by atoms with Gasteiger partial charge in [0.05, 0.1) is 30.5 Å². The highest BCUT2D eigenvalue weighted by atomic mass is 16.6. The third-order valence-electron chi connectivity index (χ3n) is 4.46. The molecule has 4 aromatic rings. The molecule has 152 valence electrons. The van der Waals surface area contributed by atoms with Crippen LogP contribution in [-0.2, 0) is 0 Å². The Balaban J connectivity index is 1.65. The van der Waals surface area contributed by atoms with Gasteiger partial charge in [-0.2, -0.15) is 0 Å². The second-order valence-corrected chi connectivity index (χ2v) is 6.19. The summed E-state index contributed by atoms with van der Waals surface area (Å²) in [5.41, 5.74) is 2.33. The van der Waals surface area contributed by atoms with Gasteiger partial charge in [-0.1, -0.05) is 5.21 Å². The van der Waals surface area contributed by atoms with Crippen LogP contribution in [0.25, 0.3) is 28.7 Å². The first-order valence-electron chi connectivity index (χ1n) is 8.75. The number of nitro benzene ring substituents is 1. The van der Waals surface area contributed by atoms with E-state index in [1.54, 1.807) is 56.2 Å². The molecule has 0 unspecified atom stereocenters. The van der Waals surface area contributed by atoms with Crippen LogP contribution < -0.4 is 9.47 Å². The van der Waals surface area contributed by atoms with E-state index in [1.807, 2.05) is 0 Å². The Morgan fingerprint density at radius 1 is 0.967 bits per heavy atom. The Morgan fingerprint density at radius 2 is 1.67 bits per heavy atom. The minimum absolute atomic E-state index is 0.00629. The van der Waals surface area contributed by atoms with Crippen molar-refractivity contribution in [1.29, 1.82) is 0 Å². The number of nitro groups is 1. The van der Waals surface area contributed by atoms with Crippen molar-refractivity contribution in [3.05, 3.63) is 58.3 Å². The van der Waals surface area contributed by atoms with Crippen LogP contribution in [0.2, 0.25) is 0 Å². The normalized spacial score (nSPS) is 10.8. The standard InChI is InChI=1S/C19H16N6O5/c1-11-17(20-23-24(11)13-5-7-14(8-6-13)25(26)27)19-22-21-18(30-19)12-4-9-15(28-2)16(10-12)29-3/h4-10H,1-3H3. The average molecular weight is 408 g/mol. The van der Waals surface area contributed by atoms with Crippen LogP contribution in [0.15, 0.2) is 46.9 Å². The van der Waals surface area contributed by atoms with Crippen molar-refractivity contribution in [3.63, 3.8) is 0 Å². The van der Waals surface area contributed by atoms with E-state index in [-0.39, 0.29) is 17.5 Å². The van der Waals surface area contributed by atoms with Crippen molar-refractivity contribution >= 4 is 5.69 Å². The number of hydrogen-bond donors (Lipinski definition) is 0. The number of methoxy groups -OCH3 is 2. The molecular weight excluding hydrogens is 392 g/mol. The van der Waals surface area contributed by atoms with Crippen LogP contribution in [0.3, 0.4) is 0 Å². The number of nitrogens with zero attached hydrogens (tertiary/aromatic N) is 6. The first-order chi connectivity index (χ1) is 14.5. The molecular formula is C19H16N6O5. The van der Waals surface area contributed by atoms with Crippen molar-refractivity contribution in [2.45, 2.75) is 6.92 Å². The van der Waals surface area contributed by atoms with Gasteiger partial charge in [0, 0.05) is 17.7 Å². The Labute approximate surface area is 170 Å². The summed E-state index contributed by atoms with van der Waals surface area (Å²) in [5.74, 6) is 1.61. The van der Waals surface area contributed by atoms with Crippen molar-refractivity contribution in [2.75, 3.05) is 14.2 Å². The molecule has 0 bridgehead atoms. The third-order valence-corrected chi connectivity index (χ3v) is 4.46. The molecule has 0 saturated heterocycles. The van der Waals surface area contributed by atoms with Crippen molar-refractivity contribution in [3.8, 4) is 40.2 Å². The fraction of sp³-hybridized carbons (Fsp3) is 0.158. The summed E-state index contributed by atoms with van der Waals surface area (Å²) in [6.45, 7) is 1.79. The SMILES string of the molecule is COc1ccc(-c2nnc(-c3nnn(-c4ccc([N+](=O)[O-])cc4)c3C)o2)cc1OC. The van der Waals surface area contributed by atoms with Crippen LogP contribution in [-0.4, -0.2) is 44.3 Å². The molecule has 0 fully saturated rings. The first-order valence-corrected chi connectivity index (χ1v) is 8.75. The zero-order valence-corrected chi connectivity index (χ0v) is 16.3. The topological polar surface area (TPSA) is 131 Å². The lowest BCUT2D eigenvalue weighted by atomic mass is 10.2. The third kappa shape index (κ3) is 3.32. The highest BCUT2D eigenvalue weighted by Gasteiger charge is 2.20. The molecule has 0 spiro atoms. The predicted molar refractivity (Wildman–Crippen MR) is 105 cm³/mol. The fourth-order valence-electron chi connectivity index (χ4n) is 2.89. The van der Waals surface area contributed by atoms with Crippen molar-refractivity contribution < 1.29 is 18.8 Å². The molecule has 2 aromatic heterocycles. The minimum atomic E-state index is -0.461. The summed E-state index contributed by atoms with van der Waals surface area (Å²) < 4.78 is 17.9. The quantitative estimate of drug-likeness (QED) is 0.348. The molecule has 11 nitrogen and oxygen atoms in total. The van der Waals surface area contributed by atoms with Gasteiger partial charge in [-0.15, -0.1) is 15.3 Å². The highest BCUT2D eigenvalue weighted by Crippen LogP contribution is 2.33. The number of aromatic nitrogens is 5. The van der Waals surface area contributed by atoms with E-state index in [1.165, 1.54) is 12.1 Å². The molecule has 0 atom stereocenters. The molecule has 0 aliphatic rings. The summed E-state index contributed by atoms with van der Waals surface area (Å²) in [6.07, 6.45) is 0. The summed E-state index contributed by atoms with van der Waals surface area (Å²) >= 11 is 0. The molecule has 0 aliphatic heterocycles. The van der Waals surface area contributed by atoms with Gasteiger partial charge < -0.3 is 13.9 Å². The van der Waals surface area contributed by atoms with E-state index < -0.39 is 4.92 Å². The maximum Gasteiger partial charge on any atom is 0.270 e. The van der Waals surface area contributed by atoms with Gasteiger partial charge in [-0.05, 0) is 37.3 Å². The predicted octanol–water partition coefficient (Wildman–Crippen LogP) is 3.22. The molecule has 30 heavy (non-hydrogen) atoms. The molecule has 2 aromatic carbocycles. The molecule has 11 heteroatoms. The van der Waals surface area contributed by atoms with Crippen LogP contribution in [0.1, 0.15) is 5.69 Å². The Hall–Kier alpha value is -4.28. The number of rotatable bonds is 6. The van der Waals surface area contributed by atoms with E-state index >= 15 is 0 Å². The largest absolute Gasteiger partial charge is 0.493 e. The van der Waals surface area contributed by atoms with Gasteiger partial charge >= 0.3 is 0 Å². The Bertz CT molecular complexity index is 1210. The van der Waals surface area contributed by atoms with Crippen LogP contribution in [0.4, 0.5) is 5.69 Å². The maximum absolute atomic E-state index is 10.8. The first kappa shape index (κ1) is 19.1. The molecule has 2 heterocycles. The Morgan fingerprint density at radius 3 is 2.33 bits per heavy atom. The molecule has 0 N–H and O–H groups in total. The van der Waals surface area contributed by atoms with Gasteiger partial charge in [0.25, 0.3) is 11.6 Å². The van der Waals surface area contributed by atoms with Crippen molar-refractivity contribution in [1.82, 2.24) is 25.2 Å². The number of hydrogen-bond acceptors (Lipinski definition) is 9. The van der Waals surface area contributed by atoms with E-state index in [4.69, 9.17) is 13.9 Å². The smallest absolute Gasteiger partial charge is 0.270 e. The van der Waals surface area contributed by atoms with Gasteiger partial charge in [-0.25, -0.2) is 4.68 Å². The summed E-state index contributed by atoms with van der Waals surface area (Å²) in [4.78, 5) is 10.4. The zero-order chi connectivity index (χ0) is 21.3. The van der Waals surface area contributed by atoms with Gasteiger partial charge in [0.15, 0.2) is 17.2 Å². The second kappa shape index (κ2) is 7.62. The molecule has 0 radical (unpaired) electrons. The maximum atomic E-state index is 10.8. The Kier molecular flexibility index (Phi) is 4.84. The number of ether oxygens (including phenoxy) is 2. The summed E-state index contributed by atoms with van der Waals surface area (Å²) in [7, 11) is 3.10. The molecule has 0 amide bonds. The number of non-ortho nitro benzene ring substituents is 1. The van der Waals surface area contributed by atoms with Gasteiger partial charge in [0.2, 0.25) is 5.89 Å². The van der Waals surface area contributed by atoms with E-state index in [9.17, 15) is 10.1 Å². The average Bonchev–Trinajstić information content (AvgIpc) is 3.40. The lowest BCUT2D eigenvalue weighted by molar-refractivity contribution is -0.384. The fourth-order valence-corrected chi connectivity index (χ4v) is 2.89. The lowest BCUT2D eigenvalue weighted by Gasteiger charge is -2.07. The van der Waals surface area contributed by atoms with E-state index in [0.29, 0.717) is 34.1 Å². The van der Waals surface area contributed by atoms with Gasteiger partial charge in [-0.3, -0.25) is 10.1 Å². The van der Waals surface area contributed by atoms with Crippen molar-refractivity contribution in [2.24, 2.45) is 0 Å². The van der Waals surface area contributed by atoms with Crippen LogP contribution >= 0.6 is 0 Å².